The smallest absolute Gasteiger partial charge is 0.321 e. The fraction of sp³-hybridized carbons (Fsp3) is 0.545. The zero-order valence-electron chi connectivity index (χ0n) is 10.7. The molecule has 18 heavy (non-hydrogen) atoms. The molecule has 0 aromatic carbocycles. The second-order valence-corrected chi connectivity index (χ2v) is 3.93. The van der Waals surface area contributed by atoms with E-state index in [1.807, 2.05) is 6.92 Å². The van der Waals surface area contributed by atoms with Crippen molar-refractivity contribution >= 4 is 17.8 Å². The molecule has 1 atom stereocenters. The Hall–Kier alpha value is -2.05. The van der Waals surface area contributed by atoms with Gasteiger partial charge in [-0.2, -0.15) is 0 Å². The maximum atomic E-state index is 11.5. The minimum atomic E-state index is -0.607. The summed E-state index contributed by atoms with van der Waals surface area (Å²) in [5.74, 6) is 0.688. The molecule has 0 saturated heterocycles. The number of nitrogens with zero attached hydrogens (tertiary/aromatic N) is 1. The first kappa shape index (κ1) is 14.0. The number of amides is 3. The average Bonchev–Trinajstić information content (AvgIpc) is 2.71. The van der Waals surface area contributed by atoms with Gasteiger partial charge in [-0.25, -0.2) is 4.79 Å². The van der Waals surface area contributed by atoms with E-state index in [0.717, 1.165) is 6.42 Å². The van der Waals surface area contributed by atoms with Crippen LogP contribution >= 0.6 is 0 Å². The van der Waals surface area contributed by atoms with Crippen molar-refractivity contribution in [1.29, 1.82) is 0 Å². The Morgan fingerprint density at radius 1 is 1.50 bits per heavy atom. The first-order chi connectivity index (χ1) is 8.52. The van der Waals surface area contributed by atoms with E-state index in [9.17, 15) is 9.59 Å². The molecule has 1 aromatic heterocycles. The maximum absolute atomic E-state index is 11.5. The second kappa shape index (κ2) is 6.63. The van der Waals surface area contributed by atoms with Crippen LogP contribution in [0.15, 0.2) is 10.6 Å². The zero-order valence-corrected chi connectivity index (χ0v) is 10.7. The Morgan fingerprint density at radius 3 is 2.78 bits per heavy atom. The summed E-state index contributed by atoms with van der Waals surface area (Å²) < 4.78 is 4.80. The van der Waals surface area contributed by atoms with E-state index in [-0.39, 0.29) is 5.91 Å². The lowest BCUT2D eigenvalue weighted by molar-refractivity contribution is -0.122. The molecule has 0 aliphatic carbocycles. The van der Waals surface area contributed by atoms with Crippen LogP contribution in [-0.2, 0) is 4.79 Å². The van der Waals surface area contributed by atoms with Crippen LogP contribution < -0.4 is 16.0 Å². The molecule has 0 aliphatic heterocycles. The molecule has 7 nitrogen and oxygen atoms in total. The zero-order chi connectivity index (χ0) is 13.5. The van der Waals surface area contributed by atoms with E-state index in [2.05, 4.69) is 21.1 Å². The number of hydrogen-bond donors (Lipinski definition) is 3. The molecule has 0 spiro atoms. The number of rotatable bonds is 5. The summed E-state index contributed by atoms with van der Waals surface area (Å²) in [7, 11) is 0. The fourth-order valence-corrected chi connectivity index (χ4v) is 1.24. The van der Waals surface area contributed by atoms with Gasteiger partial charge in [-0.05, 0) is 20.3 Å². The maximum Gasteiger partial charge on any atom is 0.321 e. The highest BCUT2D eigenvalue weighted by molar-refractivity contribution is 5.92. The quantitative estimate of drug-likeness (QED) is 0.730. The number of aromatic nitrogens is 1. The lowest BCUT2D eigenvalue weighted by Crippen LogP contribution is -2.46. The molecule has 0 fully saturated rings. The van der Waals surface area contributed by atoms with E-state index in [4.69, 9.17) is 4.52 Å². The van der Waals surface area contributed by atoms with Crippen molar-refractivity contribution in [3.05, 3.63) is 11.8 Å². The van der Waals surface area contributed by atoms with Gasteiger partial charge in [-0.1, -0.05) is 12.1 Å². The van der Waals surface area contributed by atoms with Crippen molar-refractivity contribution in [2.45, 2.75) is 33.2 Å². The molecule has 0 bridgehead atoms. The molecule has 0 radical (unpaired) electrons. The summed E-state index contributed by atoms with van der Waals surface area (Å²) in [6.45, 7) is 5.88. The molecule has 1 unspecified atom stereocenters. The van der Waals surface area contributed by atoms with Crippen LogP contribution in [0.5, 0.6) is 0 Å². The fourth-order valence-electron chi connectivity index (χ4n) is 1.24. The Kier molecular flexibility index (Phi) is 5.16. The van der Waals surface area contributed by atoms with Gasteiger partial charge in [0, 0.05) is 12.6 Å². The largest absolute Gasteiger partial charge is 0.360 e. The molecule has 100 valence electrons. The predicted octanol–water partition coefficient (Wildman–Crippen LogP) is 1.02. The summed E-state index contributed by atoms with van der Waals surface area (Å²) in [6.07, 6.45) is 0.850. The monoisotopic (exact) mass is 254 g/mol. The summed E-state index contributed by atoms with van der Waals surface area (Å²) in [4.78, 5) is 23.0. The van der Waals surface area contributed by atoms with Gasteiger partial charge < -0.3 is 15.2 Å². The first-order valence-electron chi connectivity index (χ1n) is 5.81. The van der Waals surface area contributed by atoms with Gasteiger partial charge in [-0.3, -0.25) is 10.1 Å². The molecule has 1 aromatic rings. The average molecular weight is 254 g/mol. The minimum absolute atomic E-state index is 0.219. The molecular formula is C11H18N4O3. The molecule has 0 aliphatic rings. The number of nitrogens with one attached hydrogen (secondary N) is 3. The first-order valence-corrected chi connectivity index (χ1v) is 5.81. The van der Waals surface area contributed by atoms with Gasteiger partial charge in [0.1, 0.15) is 11.8 Å². The number of anilines is 1. The second-order valence-electron chi connectivity index (χ2n) is 3.93. The number of urea groups is 1. The summed E-state index contributed by atoms with van der Waals surface area (Å²) in [5.41, 5.74) is 0. The van der Waals surface area contributed by atoms with Crippen LogP contribution in [0.1, 0.15) is 26.0 Å². The van der Waals surface area contributed by atoms with Crippen molar-refractivity contribution in [2.75, 3.05) is 11.9 Å². The van der Waals surface area contributed by atoms with Crippen molar-refractivity contribution < 1.29 is 14.1 Å². The highest BCUT2D eigenvalue weighted by Gasteiger charge is 2.15. The summed E-state index contributed by atoms with van der Waals surface area (Å²) in [5, 5.41) is 11.3. The molecule has 3 N–H and O–H groups in total. The number of hydrogen-bond acceptors (Lipinski definition) is 4. The van der Waals surface area contributed by atoms with Crippen LogP contribution in [0.25, 0.3) is 0 Å². The van der Waals surface area contributed by atoms with E-state index in [1.54, 1.807) is 19.9 Å². The van der Waals surface area contributed by atoms with E-state index in [0.29, 0.717) is 18.1 Å². The number of carbonyl (C=O) groups is 2. The molecule has 7 heteroatoms. The Bertz CT molecular complexity index is 416. The van der Waals surface area contributed by atoms with E-state index >= 15 is 0 Å². The minimum Gasteiger partial charge on any atom is -0.360 e. The third kappa shape index (κ3) is 4.44. The van der Waals surface area contributed by atoms with Gasteiger partial charge >= 0.3 is 6.03 Å². The van der Waals surface area contributed by atoms with Gasteiger partial charge in [-0.15, -0.1) is 0 Å². The molecular weight excluding hydrogens is 236 g/mol. The molecule has 1 heterocycles. The highest BCUT2D eigenvalue weighted by Crippen LogP contribution is 2.06. The van der Waals surface area contributed by atoms with Crippen LogP contribution in [-0.4, -0.2) is 29.7 Å². The van der Waals surface area contributed by atoms with Crippen LogP contribution in [0.3, 0.4) is 0 Å². The molecule has 1 rings (SSSR count). The molecule has 3 amide bonds. The van der Waals surface area contributed by atoms with Crippen LogP contribution in [0, 0.1) is 6.92 Å². The SMILES string of the molecule is CCCNC(=O)C(C)NC(=O)Nc1cc(C)on1. The third-order valence-electron chi connectivity index (χ3n) is 2.16. The van der Waals surface area contributed by atoms with Crippen molar-refractivity contribution in [3.63, 3.8) is 0 Å². The van der Waals surface area contributed by atoms with Crippen molar-refractivity contribution in [3.8, 4) is 0 Å². The Morgan fingerprint density at radius 2 is 2.22 bits per heavy atom. The summed E-state index contributed by atoms with van der Waals surface area (Å²) in [6, 6.07) is 0.480. The van der Waals surface area contributed by atoms with E-state index < -0.39 is 12.1 Å². The van der Waals surface area contributed by atoms with Gasteiger partial charge in [0.05, 0.1) is 0 Å². The number of aryl methyl sites for hydroxylation is 1. The van der Waals surface area contributed by atoms with Crippen molar-refractivity contribution in [1.82, 2.24) is 15.8 Å². The Labute approximate surface area is 105 Å². The van der Waals surface area contributed by atoms with E-state index in [1.165, 1.54) is 0 Å². The topological polar surface area (TPSA) is 96.3 Å². The Balaban J connectivity index is 2.37. The highest BCUT2D eigenvalue weighted by atomic mass is 16.5. The van der Waals surface area contributed by atoms with Gasteiger partial charge in [0.2, 0.25) is 5.91 Å². The summed E-state index contributed by atoms with van der Waals surface area (Å²) >= 11 is 0. The lowest BCUT2D eigenvalue weighted by atomic mass is 10.3. The van der Waals surface area contributed by atoms with Gasteiger partial charge in [0.25, 0.3) is 0 Å². The van der Waals surface area contributed by atoms with Gasteiger partial charge in [0.15, 0.2) is 5.82 Å². The molecule has 0 saturated carbocycles. The standard InChI is InChI=1S/C11H18N4O3/c1-4-5-12-10(16)8(3)13-11(17)14-9-6-7(2)18-15-9/h6,8H,4-5H2,1-3H3,(H,12,16)(H2,13,14,15,17). The van der Waals surface area contributed by atoms with Crippen molar-refractivity contribution in [2.24, 2.45) is 0 Å². The third-order valence-corrected chi connectivity index (χ3v) is 2.16. The predicted molar refractivity (Wildman–Crippen MR) is 66.2 cm³/mol. The lowest BCUT2D eigenvalue weighted by Gasteiger charge is -2.13. The normalized spacial score (nSPS) is 11.7. The van der Waals surface area contributed by atoms with Crippen LogP contribution in [0.2, 0.25) is 0 Å². The number of carbonyl (C=O) groups excluding carboxylic acids is 2. The van der Waals surface area contributed by atoms with Crippen LogP contribution in [0.4, 0.5) is 10.6 Å².